The van der Waals surface area contributed by atoms with E-state index in [-0.39, 0.29) is 0 Å². The molecular weight excluding hydrogens is 263 g/mol. The first-order valence-corrected chi connectivity index (χ1v) is 5.26. The molecule has 0 aliphatic carbocycles. The van der Waals surface area contributed by atoms with Crippen LogP contribution in [0.3, 0.4) is 0 Å². The van der Waals surface area contributed by atoms with Crippen LogP contribution in [0, 0.1) is 2.88 Å². The van der Waals surface area contributed by atoms with Crippen molar-refractivity contribution in [2.24, 2.45) is 0 Å². The molecule has 0 N–H and O–H groups in total. The van der Waals surface area contributed by atoms with Gasteiger partial charge in [-0.2, -0.15) is 0 Å². The predicted octanol–water partition coefficient (Wildman–Crippen LogP) is 3.57. The summed E-state index contributed by atoms with van der Waals surface area (Å²) in [6.45, 7) is 0. The van der Waals surface area contributed by atoms with Crippen molar-refractivity contribution < 1.29 is 0 Å². The van der Waals surface area contributed by atoms with Crippen LogP contribution in [0.2, 0.25) is 0 Å². The molecule has 2 heterocycles. The fourth-order valence-electron chi connectivity index (χ4n) is 0.736. The Morgan fingerprint density at radius 1 is 1.44 bits per heavy atom. The number of thiophene rings is 2. The quantitative estimate of drug-likeness (QED) is 0.639. The molecule has 2 aromatic heterocycles. The van der Waals surface area contributed by atoms with Gasteiger partial charge in [0.15, 0.2) is 0 Å². The minimum atomic E-state index is 1.38. The van der Waals surface area contributed by atoms with Crippen molar-refractivity contribution in [3.8, 4) is 0 Å². The van der Waals surface area contributed by atoms with Crippen molar-refractivity contribution in [2.75, 3.05) is 0 Å². The lowest BCUT2D eigenvalue weighted by Gasteiger charge is -1.67. The first kappa shape index (κ1) is 6.12. The summed E-state index contributed by atoms with van der Waals surface area (Å²) in [7, 11) is 0. The van der Waals surface area contributed by atoms with Crippen LogP contribution in [0.5, 0.6) is 0 Å². The fraction of sp³-hybridized carbons (Fsp3) is 0. The highest BCUT2D eigenvalue weighted by atomic mass is 127. The maximum absolute atomic E-state index is 2.35. The summed E-state index contributed by atoms with van der Waals surface area (Å²) in [6, 6.07) is 4.38. The van der Waals surface area contributed by atoms with Crippen LogP contribution in [0.15, 0.2) is 17.5 Å². The molecule has 0 amide bonds. The van der Waals surface area contributed by atoms with Gasteiger partial charge in [-0.1, -0.05) is 0 Å². The average molecular weight is 266 g/mol. The van der Waals surface area contributed by atoms with Gasteiger partial charge in [0.05, 0.1) is 6.90 Å². The fourth-order valence-corrected chi connectivity index (χ4v) is 4.02. The van der Waals surface area contributed by atoms with E-state index in [0.717, 1.165) is 0 Å². The molecule has 0 saturated heterocycles. The second kappa shape index (κ2) is 2.21. The Kier molecular flexibility index (Phi) is 1.51. The monoisotopic (exact) mass is 266 g/mol. The molecule has 2 aromatic rings. The third kappa shape index (κ3) is 1.01. The summed E-state index contributed by atoms with van der Waals surface area (Å²) in [6.07, 6.45) is 0. The third-order valence-corrected chi connectivity index (χ3v) is 4.08. The number of fused-ring (bicyclic) bond motifs is 1. The molecular formula is C6H3IS2. The molecule has 0 unspecified atom stereocenters. The molecule has 0 bridgehead atoms. The first-order valence-electron chi connectivity index (χ1n) is 2.49. The Morgan fingerprint density at radius 2 is 2.33 bits per heavy atom. The van der Waals surface area contributed by atoms with Gasteiger partial charge in [-0.05, 0) is 40.1 Å². The molecule has 0 spiro atoms. The van der Waals surface area contributed by atoms with Crippen LogP contribution in [-0.2, 0) is 0 Å². The summed E-state index contributed by atoms with van der Waals surface area (Å²) in [4.78, 5) is 0. The van der Waals surface area contributed by atoms with E-state index in [0.29, 0.717) is 0 Å². The second-order valence-corrected chi connectivity index (χ2v) is 5.83. The van der Waals surface area contributed by atoms with E-state index >= 15 is 0 Å². The minimum Gasteiger partial charge on any atom is -0.133 e. The van der Waals surface area contributed by atoms with Crippen LogP contribution in [0.25, 0.3) is 9.40 Å². The average Bonchev–Trinajstić information content (AvgIpc) is 2.22. The van der Waals surface area contributed by atoms with Crippen LogP contribution in [-0.4, -0.2) is 0 Å². The van der Waals surface area contributed by atoms with E-state index in [1.165, 1.54) is 12.3 Å². The number of hydrogen-bond acceptors (Lipinski definition) is 2. The molecule has 0 aromatic carbocycles. The number of rotatable bonds is 0. The Labute approximate surface area is 74.7 Å². The van der Waals surface area contributed by atoms with E-state index in [4.69, 9.17) is 0 Å². The maximum atomic E-state index is 2.35. The molecule has 9 heavy (non-hydrogen) atoms. The zero-order chi connectivity index (χ0) is 6.27. The summed E-state index contributed by atoms with van der Waals surface area (Å²) in [5, 5.41) is 3.53. The molecule has 0 nitrogen and oxygen atoms in total. The molecule has 0 atom stereocenters. The zero-order valence-corrected chi connectivity index (χ0v) is 8.22. The lowest BCUT2D eigenvalue weighted by molar-refractivity contribution is 2.04. The maximum Gasteiger partial charge on any atom is 0.0876 e. The van der Waals surface area contributed by atoms with Gasteiger partial charge in [0.2, 0.25) is 0 Å². The number of hydrogen-bond donors (Lipinski definition) is 0. The van der Waals surface area contributed by atoms with E-state index in [1.54, 1.807) is 0 Å². The predicted molar refractivity (Wildman–Crippen MR) is 52.4 cm³/mol. The molecule has 46 valence electrons. The van der Waals surface area contributed by atoms with Gasteiger partial charge in [0.1, 0.15) is 0 Å². The highest BCUT2D eigenvalue weighted by Gasteiger charge is 1.97. The third-order valence-electron chi connectivity index (χ3n) is 1.12. The Bertz CT molecular complexity index is 292. The van der Waals surface area contributed by atoms with Gasteiger partial charge in [-0.3, -0.25) is 0 Å². The van der Waals surface area contributed by atoms with Gasteiger partial charge < -0.3 is 0 Å². The van der Waals surface area contributed by atoms with Crippen molar-refractivity contribution in [1.82, 2.24) is 0 Å². The van der Waals surface area contributed by atoms with Crippen molar-refractivity contribution in [2.45, 2.75) is 0 Å². The summed E-state index contributed by atoms with van der Waals surface area (Å²) in [5.41, 5.74) is 0. The normalized spacial score (nSPS) is 10.8. The lowest BCUT2D eigenvalue weighted by Crippen LogP contribution is -1.44. The van der Waals surface area contributed by atoms with Crippen LogP contribution < -0.4 is 0 Å². The van der Waals surface area contributed by atoms with Crippen molar-refractivity contribution in [1.29, 1.82) is 0 Å². The van der Waals surface area contributed by atoms with Crippen molar-refractivity contribution in [3.05, 3.63) is 20.4 Å². The van der Waals surface area contributed by atoms with E-state index < -0.39 is 0 Å². The topological polar surface area (TPSA) is 0 Å². The van der Waals surface area contributed by atoms with E-state index in [2.05, 4.69) is 40.1 Å². The van der Waals surface area contributed by atoms with E-state index in [1.807, 2.05) is 22.7 Å². The minimum absolute atomic E-state index is 1.38. The zero-order valence-electron chi connectivity index (χ0n) is 4.43. The first-order chi connectivity index (χ1) is 4.36. The second-order valence-electron chi connectivity index (χ2n) is 1.71. The number of halogens is 1. The van der Waals surface area contributed by atoms with Crippen LogP contribution in [0.1, 0.15) is 0 Å². The van der Waals surface area contributed by atoms with Crippen molar-refractivity contribution in [3.63, 3.8) is 0 Å². The largest absolute Gasteiger partial charge is 0.133 e. The Hall–Kier alpha value is 0.390. The van der Waals surface area contributed by atoms with Crippen molar-refractivity contribution >= 4 is 54.7 Å². The molecule has 0 saturated carbocycles. The van der Waals surface area contributed by atoms with Crippen LogP contribution in [0.4, 0.5) is 0 Å². The summed E-state index contributed by atoms with van der Waals surface area (Å²) < 4.78 is 2.83. The molecule has 0 aliphatic rings. The molecule has 2 rings (SSSR count). The summed E-state index contributed by atoms with van der Waals surface area (Å²) >= 11 is 6.04. The molecule has 0 radical (unpaired) electrons. The van der Waals surface area contributed by atoms with Gasteiger partial charge >= 0.3 is 0 Å². The Morgan fingerprint density at radius 3 is 3.11 bits per heavy atom. The van der Waals surface area contributed by atoms with Gasteiger partial charge in [0.25, 0.3) is 0 Å². The highest BCUT2D eigenvalue weighted by molar-refractivity contribution is 14.1. The SMILES string of the molecule is Ic1cc2ccsc2s1. The lowest BCUT2D eigenvalue weighted by atomic mass is 10.4. The smallest absolute Gasteiger partial charge is 0.0876 e. The molecule has 3 heteroatoms. The molecule has 0 fully saturated rings. The van der Waals surface area contributed by atoms with Gasteiger partial charge in [-0.25, -0.2) is 0 Å². The summed E-state index contributed by atoms with van der Waals surface area (Å²) in [5.74, 6) is 0. The van der Waals surface area contributed by atoms with Crippen LogP contribution >= 0.6 is 45.3 Å². The molecule has 0 aliphatic heterocycles. The van der Waals surface area contributed by atoms with E-state index in [9.17, 15) is 0 Å². The van der Waals surface area contributed by atoms with Gasteiger partial charge in [-0.15, -0.1) is 22.7 Å². The standard InChI is InChI=1S/C6H3IS2/c7-5-3-4-1-2-8-6(4)9-5/h1-3H. The Balaban J connectivity index is 2.92. The van der Waals surface area contributed by atoms with Gasteiger partial charge in [0, 0.05) is 5.39 Å². The highest BCUT2D eigenvalue weighted by Crippen LogP contribution is 2.30.